The van der Waals surface area contributed by atoms with Crippen LogP contribution in [0.2, 0.25) is 5.02 Å². The number of carbonyl (C=O) groups is 4. The molecule has 0 aromatic heterocycles. The number of amides is 3. The van der Waals surface area contributed by atoms with E-state index in [1.807, 2.05) is 0 Å². The minimum atomic E-state index is -0.971. The molecule has 0 aliphatic rings. The number of hydrogen-bond donors (Lipinski definition) is 4. The lowest BCUT2D eigenvalue weighted by molar-refractivity contribution is -0.109. The second-order valence-electron chi connectivity index (χ2n) is 7.34. The van der Waals surface area contributed by atoms with Gasteiger partial charge in [-0.2, -0.15) is 0 Å². The van der Waals surface area contributed by atoms with Gasteiger partial charge in [0.15, 0.2) is 0 Å². The standard InChI is InChI=1S/C25H22ClN3O5/c26-22-12-18(24(33)27-13-16-5-4-8-20(31)11-16)9-10-21(22)25(34)29-19(15-30)14-28-23(32)17-6-2-1-3-7-17/h1-12,15,19,31H,13-14H2,(H,27,33)(H,28,32)(H,29,34). The number of halogens is 1. The monoisotopic (exact) mass is 479 g/mol. The maximum Gasteiger partial charge on any atom is 0.253 e. The number of phenolic OH excluding ortho intramolecular Hbond substituents is 1. The van der Waals surface area contributed by atoms with Gasteiger partial charge in [0, 0.05) is 24.2 Å². The topological polar surface area (TPSA) is 125 Å². The lowest BCUT2D eigenvalue weighted by Gasteiger charge is -2.15. The lowest BCUT2D eigenvalue weighted by atomic mass is 10.1. The Kier molecular flexibility index (Phi) is 8.37. The van der Waals surface area contributed by atoms with Crippen molar-refractivity contribution in [3.63, 3.8) is 0 Å². The van der Waals surface area contributed by atoms with E-state index >= 15 is 0 Å². The van der Waals surface area contributed by atoms with Gasteiger partial charge in [-0.05, 0) is 48.0 Å². The van der Waals surface area contributed by atoms with E-state index in [0.717, 1.165) is 5.56 Å². The highest BCUT2D eigenvalue weighted by atomic mass is 35.5. The molecule has 0 fully saturated rings. The highest BCUT2D eigenvalue weighted by molar-refractivity contribution is 6.34. The first-order valence-electron chi connectivity index (χ1n) is 10.3. The summed E-state index contributed by atoms with van der Waals surface area (Å²) in [5.74, 6) is -1.31. The largest absolute Gasteiger partial charge is 0.508 e. The molecular weight excluding hydrogens is 458 g/mol. The van der Waals surface area contributed by atoms with E-state index in [2.05, 4.69) is 16.0 Å². The van der Waals surface area contributed by atoms with Crippen LogP contribution in [0.3, 0.4) is 0 Å². The van der Waals surface area contributed by atoms with Crippen molar-refractivity contribution in [3.8, 4) is 5.75 Å². The van der Waals surface area contributed by atoms with Crippen molar-refractivity contribution in [2.24, 2.45) is 0 Å². The summed E-state index contributed by atoms with van der Waals surface area (Å²) in [5, 5.41) is 17.3. The predicted octanol–water partition coefficient (Wildman–Crippen LogP) is 2.70. The SMILES string of the molecule is O=CC(CNC(=O)c1ccccc1)NC(=O)c1ccc(C(=O)NCc2cccc(O)c2)cc1Cl. The number of benzene rings is 3. The van der Waals surface area contributed by atoms with Crippen molar-refractivity contribution in [2.45, 2.75) is 12.6 Å². The second kappa shape index (κ2) is 11.6. The molecule has 3 aromatic carbocycles. The third-order valence-electron chi connectivity index (χ3n) is 4.84. The third-order valence-corrected chi connectivity index (χ3v) is 5.15. The molecule has 0 aliphatic heterocycles. The lowest BCUT2D eigenvalue weighted by Crippen LogP contribution is -2.44. The van der Waals surface area contributed by atoms with Crippen molar-refractivity contribution >= 4 is 35.6 Å². The molecule has 0 bridgehead atoms. The number of aldehydes is 1. The van der Waals surface area contributed by atoms with Crippen molar-refractivity contribution in [1.29, 1.82) is 0 Å². The van der Waals surface area contributed by atoms with Crippen LogP contribution in [0.4, 0.5) is 0 Å². The molecule has 3 rings (SSSR count). The second-order valence-corrected chi connectivity index (χ2v) is 7.75. The molecule has 0 saturated heterocycles. The fourth-order valence-corrected chi connectivity index (χ4v) is 3.33. The fraction of sp³-hybridized carbons (Fsp3) is 0.120. The molecule has 0 heterocycles. The van der Waals surface area contributed by atoms with E-state index in [0.29, 0.717) is 11.8 Å². The van der Waals surface area contributed by atoms with E-state index < -0.39 is 17.9 Å². The van der Waals surface area contributed by atoms with E-state index in [-0.39, 0.29) is 40.9 Å². The molecule has 34 heavy (non-hydrogen) atoms. The Morgan fingerprint density at radius 2 is 1.59 bits per heavy atom. The fourth-order valence-electron chi connectivity index (χ4n) is 3.06. The summed E-state index contributed by atoms with van der Waals surface area (Å²) in [4.78, 5) is 48.5. The van der Waals surface area contributed by atoms with Crippen LogP contribution in [0.5, 0.6) is 5.75 Å². The van der Waals surface area contributed by atoms with Crippen molar-refractivity contribution in [2.75, 3.05) is 6.54 Å². The van der Waals surface area contributed by atoms with E-state index in [1.54, 1.807) is 42.5 Å². The zero-order valence-corrected chi connectivity index (χ0v) is 18.7. The van der Waals surface area contributed by atoms with Gasteiger partial charge in [0.2, 0.25) is 0 Å². The highest BCUT2D eigenvalue weighted by Crippen LogP contribution is 2.18. The minimum absolute atomic E-state index is 0.0282. The molecule has 8 nitrogen and oxygen atoms in total. The van der Waals surface area contributed by atoms with Crippen LogP contribution in [0.25, 0.3) is 0 Å². The Morgan fingerprint density at radius 3 is 2.26 bits per heavy atom. The van der Waals surface area contributed by atoms with Gasteiger partial charge in [0.25, 0.3) is 17.7 Å². The molecule has 0 spiro atoms. The molecule has 9 heteroatoms. The first-order chi connectivity index (χ1) is 16.4. The Bertz CT molecular complexity index is 1200. The van der Waals surface area contributed by atoms with E-state index in [9.17, 15) is 24.3 Å². The Morgan fingerprint density at radius 1 is 0.853 bits per heavy atom. The van der Waals surface area contributed by atoms with E-state index in [1.165, 1.54) is 30.3 Å². The first kappa shape index (κ1) is 24.5. The van der Waals surface area contributed by atoms with Crippen LogP contribution < -0.4 is 16.0 Å². The predicted molar refractivity (Wildman–Crippen MR) is 127 cm³/mol. The van der Waals surface area contributed by atoms with Crippen LogP contribution in [-0.2, 0) is 11.3 Å². The molecule has 174 valence electrons. The maximum absolute atomic E-state index is 12.6. The zero-order valence-electron chi connectivity index (χ0n) is 18.0. The van der Waals surface area contributed by atoms with Crippen molar-refractivity contribution < 1.29 is 24.3 Å². The number of nitrogens with one attached hydrogen (secondary N) is 3. The van der Waals surface area contributed by atoms with Gasteiger partial charge in [-0.25, -0.2) is 0 Å². The Labute approximate surface area is 200 Å². The van der Waals surface area contributed by atoms with Gasteiger partial charge in [0.05, 0.1) is 10.6 Å². The molecule has 1 unspecified atom stereocenters. The van der Waals surface area contributed by atoms with Crippen molar-refractivity contribution in [1.82, 2.24) is 16.0 Å². The molecule has 0 saturated carbocycles. The normalized spacial score (nSPS) is 11.2. The van der Waals surface area contributed by atoms with Crippen LogP contribution in [0, 0.1) is 0 Å². The summed E-state index contributed by atoms with van der Waals surface area (Å²) >= 11 is 6.21. The molecule has 0 aliphatic carbocycles. The van der Waals surface area contributed by atoms with Crippen LogP contribution in [0.15, 0.2) is 72.8 Å². The van der Waals surface area contributed by atoms with Gasteiger partial charge in [-0.1, -0.05) is 41.9 Å². The maximum atomic E-state index is 12.6. The highest BCUT2D eigenvalue weighted by Gasteiger charge is 2.18. The number of phenols is 1. The van der Waals surface area contributed by atoms with Crippen LogP contribution in [-0.4, -0.2) is 41.7 Å². The van der Waals surface area contributed by atoms with Crippen molar-refractivity contribution in [3.05, 3.63) is 100 Å². The van der Waals surface area contributed by atoms with Gasteiger partial charge in [-0.15, -0.1) is 0 Å². The van der Waals surface area contributed by atoms with E-state index in [4.69, 9.17) is 11.6 Å². The minimum Gasteiger partial charge on any atom is -0.508 e. The molecule has 0 radical (unpaired) electrons. The summed E-state index contributed by atoms with van der Waals surface area (Å²) in [6, 6.07) is 18.1. The molecular formula is C25H22ClN3O5. The average Bonchev–Trinajstić information content (AvgIpc) is 2.85. The Hall–Kier alpha value is -4.17. The number of carbonyl (C=O) groups excluding carboxylic acids is 4. The number of rotatable bonds is 9. The average molecular weight is 480 g/mol. The summed E-state index contributed by atoms with van der Waals surface area (Å²) in [6.45, 7) is 0.0962. The van der Waals surface area contributed by atoms with Gasteiger partial charge in [0.1, 0.15) is 18.1 Å². The smallest absolute Gasteiger partial charge is 0.253 e. The van der Waals surface area contributed by atoms with Crippen LogP contribution >= 0.6 is 11.6 Å². The number of hydrogen-bond acceptors (Lipinski definition) is 5. The molecule has 3 aromatic rings. The third kappa shape index (κ3) is 6.66. The summed E-state index contributed by atoms with van der Waals surface area (Å²) < 4.78 is 0. The molecule has 1 atom stereocenters. The zero-order chi connectivity index (χ0) is 24.5. The quantitative estimate of drug-likeness (QED) is 0.351. The summed E-state index contributed by atoms with van der Waals surface area (Å²) in [6.07, 6.45) is 0.514. The number of aromatic hydroxyl groups is 1. The Balaban J connectivity index is 1.57. The summed E-state index contributed by atoms with van der Waals surface area (Å²) in [7, 11) is 0. The van der Waals surface area contributed by atoms with Crippen LogP contribution in [0.1, 0.15) is 36.6 Å². The molecule has 3 amide bonds. The molecule has 4 N–H and O–H groups in total. The van der Waals surface area contributed by atoms with Gasteiger partial charge < -0.3 is 25.9 Å². The van der Waals surface area contributed by atoms with Gasteiger partial charge >= 0.3 is 0 Å². The van der Waals surface area contributed by atoms with Gasteiger partial charge in [-0.3, -0.25) is 14.4 Å². The summed E-state index contributed by atoms with van der Waals surface area (Å²) in [5.41, 5.74) is 1.46. The first-order valence-corrected chi connectivity index (χ1v) is 10.7.